The zero-order valence-electron chi connectivity index (χ0n) is 18.0. The van der Waals surface area contributed by atoms with Crippen molar-refractivity contribution in [2.24, 2.45) is 0 Å². The summed E-state index contributed by atoms with van der Waals surface area (Å²) in [4.78, 5) is 2.40. The molecule has 0 aliphatic carbocycles. The third-order valence-electron chi connectivity index (χ3n) is 5.57. The van der Waals surface area contributed by atoms with Crippen molar-refractivity contribution in [3.63, 3.8) is 0 Å². The van der Waals surface area contributed by atoms with E-state index in [1.165, 1.54) is 11.1 Å². The molecule has 2 aromatic carbocycles. The van der Waals surface area contributed by atoms with Crippen LogP contribution in [0.3, 0.4) is 0 Å². The number of hydrogen-bond acceptors (Lipinski definition) is 7. The fraction of sp³-hybridized carbons (Fsp3) is 0.409. The molecule has 1 aliphatic rings. The van der Waals surface area contributed by atoms with Gasteiger partial charge in [0.15, 0.2) is 5.82 Å². The SMILES string of the molecule is COCCn1nnnc1C(c1cc(OC)ccc1OC)N1CCc2ccccc2C1.[Cl-]. The van der Waals surface area contributed by atoms with Crippen LogP contribution in [0.5, 0.6) is 11.5 Å². The van der Waals surface area contributed by atoms with Crippen LogP contribution in [0.25, 0.3) is 0 Å². The van der Waals surface area contributed by atoms with E-state index in [1.54, 1.807) is 21.3 Å². The van der Waals surface area contributed by atoms with Gasteiger partial charge in [0, 0.05) is 25.8 Å². The summed E-state index contributed by atoms with van der Waals surface area (Å²) in [7, 11) is 5.02. The molecule has 1 atom stereocenters. The third-order valence-corrected chi connectivity index (χ3v) is 5.57. The Bertz CT molecular complexity index is 997. The van der Waals surface area contributed by atoms with Gasteiger partial charge in [-0.2, -0.15) is 0 Å². The molecule has 0 saturated heterocycles. The highest BCUT2D eigenvalue weighted by Gasteiger charge is 2.32. The molecule has 3 aromatic rings. The Morgan fingerprint density at radius 2 is 1.84 bits per heavy atom. The number of halogens is 1. The maximum Gasteiger partial charge on any atom is 0.173 e. The first-order chi connectivity index (χ1) is 14.7. The number of nitrogens with zero attached hydrogens (tertiary/aromatic N) is 5. The first kappa shape index (κ1) is 23.0. The Labute approximate surface area is 188 Å². The van der Waals surface area contributed by atoms with Gasteiger partial charge in [0.05, 0.1) is 27.4 Å². The molecule has 2 heterocycles. The summed E-state index contributed by atoms with van der Waals surface area (Å²) in [5, 5.41) is 12.6. The van der Waals surface area contributed by atoms with Gasteiger partial charge in [-0.15, -0.1) is 5.10 Å². The summed E-state index contributed by atoms with van der Waals surface area (Å²) in [6.07, 6.45) is 0.971. The summed E-state index contributed by atoms with van der Waals surface area (Å²) in [6, 6.07) is 14.2. The second-order valence-electron chi connectivity index (χ2n) is 7.25. The van der Waals surface area contributed by atoms with E-state index in [-0.39, 0.29) is 18.4 Å². The van der Waals surface area contributed by atoms with E-state index in [2.05, 4.69) is 44.7 Å². The maximum atomic E-state index is 5.72. The second kappa shape index (κ2) is 10.6. The molecular weight excluding hydrogens is 418 g/mol. The smallest absolute Gasteiger partial charge is 0.173 e. The molecular formula is C22H27ClN5O3-. The van der Waals surface area contributed by atoms with E-state index in [0.717, 1.165) is 42.4 Å². The zero-order chi connectivity index (χ0) is 20.9. The van der Waals surface area contributed by atoms with E-state index in [0.29, 0.717) is 13.2 Å². The van der Waals surface area contributed by atoms with Crippen LogP contribution in [0.2, 0.25) is 0 Å². The fourth-order valence-electron chi connectivity index (χ4n) is 4.03. The largest absolute Gasteiger partial charge is 1.00 e. The summed E-state index contributed by atoms with van der Waals surface area (Å²) in [6.45, 7) is 2.80. The number of fused-ring (bicyclic) bond motifs is 1. The molecule has 0 fully saturated rings. The fourth-order valence-corrected chi connectivity index (χ4v) is 4.03. The Balaban J connectivity index is 0.00000272. The van der Waals surface area contributed by atoms with Crippen LogP contribution in [0.1, 0.15) is 28.6 Å². The van der Waals surface area contributed by atoms with E-state index in [1.807, 2.05) is 22.9 Å². The molecule has 0 amide bonds. The van der Waals surface area contributed by atoms with Crippen molar-refractivity contribution in [1.82, 2.24) is 25.1 Å². The average molecular weight is 445 g/mol. The summed E-state index contributed by atoms with van der Waals surface area (Å²) in [5.41, 5.74) is 3.69. The number of tetrazole rings is 1. The molecule has 166 valence electrons. The van der Waals surface area contributed by atoms with Gasteiger partial charge in [0.25, 0.3) is 0 Å². The molecule has 8 nitrogen and oxygen atoms in total. The molecule has 31 heavy (non-hydrogen) atoms. The number of hydrogen-bond donors (Lipinski definition) is 0. The van der Waals surface area contributed by atoms with E-state index >= 15 is 0 Å². The zero-order valence-corrected chi connectivity index (χ0v) is 18.7. The molecule has 0 spiro atoms. The van der Waals surface area contributed by atoms with Crippen molar-refractivity contribution in [1.29, 1.82) is 0 Å². The lowest BCUT2D eigenvalue weighted by atomic mass is 9.95. The van der Waals surface area contributed by atoms with Crippen LogP contribution < -0.4 is 21.9 Å². The molecule has 0 N–H and O–H groups in total. The summed E-state index contributed by atoms with van der Waals surface area (Å²) in [5.74, 6) is 2.31. The highest BCUT2D eigenvalue weighted by atomic mass is 35.5. The van der Waals surface area contributed by atoms with Gasteiger partial charge >= 0.3 is 0 Å². The minimum absolute atomic E-state index is 0. The monoisotopic (exact) mass is 444 g/mol. The lowest BCUT2D eigenvalue weighted by Gasteiger charge is -2.35. The maximum absolute atomic E-state index is 5.72. The minimum Gasteiger partial charge on any atom is -1.00 e. The van der Waals surface area contributed by atoms with Gasteiger partial charge in [-0.1, -0.05) is 24.3 Å². The van der Waals surface area contributed by atoms with E-state index in [4.69, 9.17) is 14.2 Å². The number of benzene rings is 2. The van der Waals surface area contributed by atoms with Crippen molar-refractivity contribution in [3.8, 4) is 11.5 Å². The summed E-state index contributed by atoms with van der Waals surface area (Å²) < 4.78 is 18.3. The van der Waals surface area contributed by atoms with E-state index < -0.39 is 0 Å². The van der Waals surface area contributed by atoms with Gasteiger partial charge in [-0.25, -0.2) is 4.68 Å². The van der Waals surface area contributed by atoms with Gasteiger partial charge in [-0.05, 0) is 46.2 Å². The van der Waals surface area contributed by atoms with Crippen LogP contribution in [0.4, 0.5) is 0 Å². The first-order valence-corrected chi connectivity index (χ1v) is 10.0. The minimum atomic E-state index is -0.185. The van der Waals surface area contributed by atoms with Crippen molar-refractivity contribution >= 4 is 0 Å². The van der Waals surface area contributed by atoms with Gasteiger partial charge in [-0.3, -0.25) is 4.90 Å². The molecule has 0 bridgehead atoms. The van der Waals surface area contributed by atoms with Crippen LogP contribution in [0.15, 0.2) is 42.5 Å². The number of rotatable bonds is 8. The van der Waals surface area contributed by atoms with Crippen molar-refractivity contribution in [3.05, 3.63) is 65.0 Å². The molecule has 0 saturated carbocycles. The van der Waals surface area contributed by atoms with E-state index in [9.17, 15) is 0 Å². The Kier molecular flexibility index (Phi) is 7.84. The Morgan fingerprint density at radius 3 is 2.58 bits per heavy atom. The van der Waals surface area contributed by atoms with Crippen LogP contribution in [-0.2, 0) is 24.2 Å². The van der Waals surface area contributed by atoms with Crippen LogP contribution >= 0.6 is 0 Å². The normalized spacial score (nSPS) is 14.4. The highest BCUT2D eigenvalue weighted by molar-refractivity contribution is 5.45. The predicted molar refractivity (Wildman–Crippen MR) is 112 cm³/mol. The molecule has 4 rings (SSSR count). The lowest BCUT2D eigenvalue weighted by molar-refractivity contribution is -0.00000727. The number of aromatic nitrogens is 4. The molecule has 0 radical (unpaired) electrons. The van der Waals surface area contributed by atoms with Crippen LogP contribution in [-0.4, -0.2) is 59.6 Å². The highest BCUT2D eigenvalue weighted by Crippen LogP contribution is 2.38. The quantitative estimate of drug-likeness (QED) is 0.463. The van der Waals surface area contributed by atoms with Gasteiger partial charge in [0.1, 0.15) is 17.5 Å². The second-order valence-corrected chi connectivity index (χ2v) is 7.25. The van der Waals surface area contributed by atoms with Crippen molar-refractivity contribution in [2.45, 2.75) is 25.6 Å². The summed E-state index contributed by atoms with van der Waals surface area (Å²) >= 11 is 0. The van der Waals surface area contributed by atoms with Crippen LogP contribution in [0, 0.1) is 0 Å². The standard InChI is InChI=1S/C22H27N5O3.ClH/c1-28-13-12-27-22(23-24-25-27)21(19-14-18(29-2)8-9-20(19)30-3)26-11-10-16-6-4-5-7-17(16)15-26;/h4-9,14,21H,10-13,15H2,1-3H3;1H/p-1. The number of ether oxygens (including phenoxy) is 3. The Hall–Kier alpha value is -2.68. The number of methoxy groups -OCH3 is 3. The molecule has 1 aromatic heterocycles. The topological polar surface area (TPSA) is 74.5 Å². The van der Waals surface area contributed by atoms with Gasteiger partial charge < -0.3 is 26.6 Å². The lowest BCUT2D eigenvalue weighted by Crippen LogP contribution is -3.00. The van der Waals surface area contributed by atoms with Gasteiger partial charge in [0.2, 0.25) is 0 Å². The van der Waals surface area contributed by atoms with Crippen molar-refractivity contribution < 1.29 is 26.6 Å². The first-order valence-electron chi connectivity index (χ1n) is 10.0. The van der Waals surface area contributed by atoms with Crippen molar-refractivity contribution in [2.75, 3.05) is 34.5 Å². The third kappa shape index (κ3) is 4.81. The molecule has 1 aliphatic heterocycles. The molecule has 1 unspecified atom stereocenters. The Morgan fingerprint density at radius 1 is 1.03 bits per heavy atom. The molecule has 9 heteroatoms. The predicted octanol–water partition coefficient (Wildman–Crippen LogP) is -0.512. The average Bonchev–Trinajstić information content (AvgIpc) is 3.25.